The predicted octanol–water partition coefficient (Wildman–Crippen LogP) is 2.81. The molecule has 18 heavy (non-hydrogen) atoms. The van der Waals surface area contributed by atoms with Crippen molar-refractivity contribution in [3.05, 3.63) is 35.4 Å². The summed E-state index contributed by atoms with van der Waals surface area (Å²) in [6.45, 7) is 2.96. The molecule has 4 heteroatoms. The SMILES string of the molecule is CCC(CNC)C(c1ccc(F)c(F)c1)N(C)C. The van der Waals surface area contributed by atoms with Gasteiger partial charge >= 0.3 is 0 Å². The van der Waals surface area contributed by atoms with Gasteiger partial charge in [-0.05, 0) is 51.3 Å². The standard InChI is InChI=1S/C14H22F2N2/c1-5-10(9-17-2)14(18(3)4)11-6-7-12(15)13(16)8-11/h6-8,10,14,17H,5,9H2,1-4H3. The van der Waals surface area contributed by atoms with Gasteiger partial charge in [0.2, 0.25) is 0 Å². The maximum absolute atomic E-state index is 13.3. The number of rotatable bonds is 6. The van der Waals surface area contributed by atoms with Crippen molar-refractivity contribution >= 4 is 0 Å². The zero-order valence-electron chi connectivity index (χ0n) is 11.5. The van der Waals surface area contributed by atoms with Crippen LogP contribution in [0.15, 0.2) is 18.2 Å². The smallest absolute Gasteiger partial charge is 0.159 e. The third-order valence-electron chi connectivity index (χ3n) is 3.28. The van der Waals surface area contributed by atoms with Crippen molar-refractivity contribution in [1.82, 2.24) is 10.2 Å². The fourth-order valence-electron chi connectivity index (χ4n) is 2.43. The predicted molar refractivity (Wildman–Crippen MR) is 70.5 cm³/mol. The summed E-state index contributed by atoms with van der Waals surface area (Å²) < 4.78 is 26.3. The van der Waals surface area contributed by atoms with Gasteiger partial charge in [-0.15, -0.1) is 0 Å². The van der Waals surface area contributed by atoms with E-state index >= 15 is 0 Å². The molecule has 0 saturated carbocycles. The summed E-state index contributed by atoms with van der Waals surface area (Å²) in [7, 11) is 5.83. The molecule has 1 N–H and O–H groups in total. The minimum Gasteiger partial charge on any atom is -0.319 e. The highest BCUT2D eigenvalue weighted by Crippen LogP contribution is 2.29. The average Bonchev–Trinajstić information content (AvgIpc) is 2.32. The van der Waals surface area contributed by atoms with Gasteiger partial charge in [-0.25, -0.2) is 8.78 Å². The molecular weight excluding hydrogens is 234 g/mol. The molecule has 0 amide bonds. The molecule has 0 aliphatic rings. The molecule has 0 aliphatic carbocycles. The molecule has 0 radical (unpaired) electrons. The van der Waals surface area contributed by atoms with Gasteiger partial charge in [-0.3, -0.25) is 0 Å². The van der Waals surface area contributed by atoms with E-state index in [0.717, 1.165) is 18.5 Å². The van der Waals surface area contributed by atoms with Crippen molar-refractivity contribution < 1.29 is 8.78 Å². The largest absolute Gasteiger partial charge is 0.319 e. The Labute approximate surface area is 108 Å². The number of nitrogens with zero attached hydrogens (tertiary/aromatic N) is 1. The van der Waals surface area contributed by atoms with Crippen LogP contribution in [0.2, 0.25) is 0 Å². The lowest BCUT2D eigenvalue weighted by Crippen LogP contribution is -2.33. The topological polar surface area (TPSA) is 15.3 Å². The van der Waals surface area contributed by atoms with Crippen molar-refractivity contribution in [3.8, 4) is 0 Å². The molecule has 0 heterocycles. The van der Waals surface area contributed by atoms with E-state index in [1.165, 1.54) is 12.1 Å². The van der Waals surface area contributed by atoms with E-state index in [1.807, 2.05) is 21.1 Å². The van der Waals surface area contributed by atoms with Crippen LogP contribution in [0.4, 0.5) is 8.78 Å². The van der Waals surface area contributed by atoms with Gasteiger partial charge in [0.25, 0.3) is 0 Å². The third-order valence-corrected chi connectivity index (χ3v) is 3.28. The van der Waals surface area contributed by atoms with Crippen LogP contribution in [-0.4, -0.2) is 32.6 Å². The van der Waals surface area contributed by atoms with Crippen LogP contribution in [0.1, 0.15) is 24.9 Å². The van der Waals surface area contributed by atoms with Crippen molar-refractivity contribution in [2.75, 3.05) is 27.7 Å². The Kier molecular flexibility index (Phi) is 5.69. The summed E-state index contributed by atoms with van der Waals surface area (Å²) in [6, 6.07) is 4.25. The molecule has 1 rings (SSSR count). The van der Waals surface area contributed by atoms with E-state index < -0.39 is 11.6 Å². The van der Waals surface area contributed by atoms with Crippen molar-refractivity contribution in [2.24, 2.45) is 5.92 Å². The molecule has 0 bridgehead atoms. The number of hydrogen-bond acceptors (Lipinski definition) is 2. The number of hydrogen-bond donors (Lipinski definition) is 1. The summed E-state index contributed by atoms with van der Waals surface area (Å²) in [5.74, 6) is -1.22. The monoisotopic (exact) mass is 256 g/mol. The van der Waals surface area contributed by atoms with E-state index in [-0.39, 0.29) is 6.04 Å². The molecule has 2 unspecified atom stereocenters. The Morgan fingerprint density at radius 2 is 1.89 bits per heavy atom. The molecule has 1 aromatic carbocycles. The number of halogens is 2. The normalized spacial score (nSPS) is 14.8. The fraction of sp³-hybridized carbons (Fsp3) is 0.571. The quantitative estimate of drug-likeness (QED) is 0.842. The van der Waals surface area contributed by atoms with Crippen LogP contribution in [0.3, 0.4) is 0 Å². The van der Waals surface area contributed by atoms with Crippen LogP contribution in [0, 0.1) is 17.6 Å². The first-order chi connectivity index (χ1) is 8.51. The van der Waals surface area contributed by atoms with E-state index in [1.54, 1.807) is 6.07 Å². The number of nitrogens with one attached hydrogen (secondary N) is 1. The lowest BCUT2D eigenvalue weighted by atomic mass is 9.90. The molecule has 0 aliphatic heterocycles. The minimum absolute atomic E-state index is 0.0811. The van der Waals surface area contributed by atoms with Gasteiger partial charge in [0.05, 0.1) is 0 Å². The summed E-state index contributed by atoms with van der Waals surface area (Å²) in [5.41, 5.74) is 0.820. The zero-order valence-corrected chi connectivity index (χ0v) is 11.5. The molecule has 1 aromatic rings. The lowest BCUT2D eigenvalue weighted by molar-refractivity contribution is 0.204. The van der Waals surface area contributed by atoms with Gasteiger partial charge in [-0.2, -0.15) is 0 Å². The summed E-state index contributed by atoms with van der Waals surface area (Å²) >= 11 is 0. The Hall–Kier alpha value is -1.00. The molecule has 0 aromatic heterocycles. The van der Waals surface area contributed by atoms with Crippen LogP contribution in [0.25, 0.3) is 0 Å². The summed E-state index contributed by atoms with van der Waals surface area (Å²) in [4.78, 5) is 2.05. The molecule has 0 spiro atoms. The fourth-order valence-corrected chi connectivity index (χ4v) is 2.43. The molecular formula is C14H22F2N2. The van der Waals surface area contributed by atoms with Crippen molar-refractivity contribution in [3.63, 3.8) is 0 Å². The summed E-state index contributed by atoms with van der Waals surface area (Å²) in [6.07, 6.45) is 0.975. The number of benzene rings is 1. The Morgan fingerprint density at radius 3 is 2.33 bits per heavy atom. The van der Waals surface area contributed by atoms with Gasteiger partial charge < -0.3 is 10.2 Å². The highest BCUT2D eigenvalue weighted by molar-refractivity contribution is 5.22. The molecule has 0 fully saturated rings. The third kappa shape index (κ3) is 3.50. The van der Waals surface area contributed by atoms with Crippen molar-refractivity contribution in [2.45, 2.75) is 19.4 Å². The minimum atomic E-state index is -0.794. The van der Waals surface area contributed by atoms with Gasteiger partial charge in [-0.1, -0.05) is 19.4 Å². The molecule has 2 atom stereocenters. The van der Waals surface area contributed by atoms with E-state index in [4.69, 9.17) is 0 Å². The van der Waals surface area contributed by atoms with Crippen molar-refractivity contribution in [1.29, 1.82) is 0 Å². The summed E-state index contributed by atoms with van der Waals surface area (Å²) in [5, 5.41) is 3.16. The highest BCUT2D eigenvalue weighted by Gasteiger charge is 2.24. The van der Waals surface area contributed by atoms with E-state index in [0.29, 0.717) is 5.92 Å². The van der Waals surface area contributed by atoms with Gasteiger partial charge in [0.15, 0.2) is 11.6 Å². The average molecular weight is 256 g/mol. The van der Waals surface area contributed by atoms with Crippen LogP contribution in [-0.2, 0) is 0 Å². The van der Waals surface area contributed by atoms with Crippen LogP contribution < -0.4 is 5.32 Å². The second-order valence-electron chi connectivity index (χ2n) is 4.81. The molecule has 102 valence electrons. The molecule has 2 nitrogen and oxygen atoms in total. The van der Waals surface area contributed by atoms with Gasteiger partial charge in [0.1, 0.15) is 0 Å². The first-order valence-corrected chi connectivity index (χ1v) is 6.27. The van der Waals surface area contributed by atoms with Gasteiger partial charge in [0, 0.05) is 6.04 Å². The maximum Gasteiger partial charge on any atom is 0.159 e. The first kappa shape index (κ1) is 15.1. The highest BCUT2D eigenvalue weighted by atomic mass is 19.2. The van der Waals surface area contributed by atoms with Crippen LogP contribution >= 0.6 is 0 Å². The Bertz CT molecular complexity index is 380. The van der Waals surface area contributed by atoms with E-state index in [9.17, 15) is 8.78 Å². The Morgan fingerprint density at radius 1 is 1.22 bits per heavy atom. The molecule has 0 saturated heterocycles. The maximum atomic E-state index is 13.3. The second-order valence-corrected chi connectivity index (χ2v) is 4.81. The Balaban J connectivity index is 3.06. The van der Waals surface area contributed by atoms with Crippen LogP contribution in [0.5, 0.6) is 0 Å². The lowest BCUT2D eigenvalue weighted by Gasteiger charge is -2.32. The second kappa shape index (κ2) is 6.81. The zero-order chi connectivity index (χ0) is 13.7. The van der Waals surface area contributed by atoms with E-state index in [2.05, 4.69) is 17.1 Å². The first-order valence-electron chi connectivity index (χ1n) is 6.27.